The first-order valence-electron chi connectivity index (χ1n) is 10.1. The van der Waals surface area contributed by atoms with Crippen molar-refractivity contribution in [1.29, 1.82) is 0 Å². The van der Waals surface area contributed by atoms with Crippen LogP contribution < -0.4 is 5.32 Å². The maximum Gasteiger partial charge on any atom is 0.220 e. The molecule has 146 valence electrons. The van der Waals surface area contributed by atoms with Gasteiger partial charge in [0.15, 0.2) is 0 Å². The molecule has 0 saturated carbocycles. The molecule has 27 heavy (non-hydrogen) atoms. The fraction of sp³-hybridized carbons (Fsp3) is 0.545. The summed E-state index contributed by atoms with van der Waals surface area (Å²) in [6.07, 6.45) is 2.42. The highest BCUT2D eigenvalue weighted by atomic mass is 16.1. The number of amides is 1. The molecule has 0 radical (unpaired) electrons. The highest BCUT2D eigenvalue weighted by molar-refractivity contribution is 5.76. The number of carbonyl (C=O) groups excluding carboxylic acids is 1. The number of nitrogens with one attached hydrogen (secondary N) is 1. The molecule has 0 bridgehead atoms. The Morgan fingerprint density at radius 3 is 2.85 bits per heavy atom. The third-order valence-electron chi connectivity index (χ3n) is 5.12. The maximum atomic E-state index is 12.2. The van der Waals surface area contributed by atoms with E-state index in [0.717, 1.165) is 44.7 Å². The molecule has 0 spiro atoms. The van der Waals surface area contributed by atoms with Crippen LogP contribution in [0.2, 0.25) is 0 Å². The van der Waals surface area contributed by atoms with Crippen molar-refractivity contribution < 1.29 is 4.79 Å². The Balaban J connectivity index is 1.50. The minimum Gasteiger partial charge on any atom is -0.350 e. The second-order valence-electron chi connectivity index (χ2n) is 8.04. The van der Waals surface area contributed by atoms with Gasteiger partial charge in [-0.25, -0.2) is 0 Å². The Labute approximate surface area is 162 Å². The summed E-state index contributed by atoms with van der Waals surface area (Å²) in [7, 11) is 0. The van der Waals surface area contributed by atoms with E-state index in [1.165, 1.54) is 16.8 Å². The van der Waals surface area contributed by atoms with E-state index in [-0.39, 0.29) is 5.91 Å². The summed E-state index contributed by atoms with van der Waals surface area (Å²) in [4.78, 5) is 14.7. The molecule has 1 aliphatic heterocycles. The fourth-order valence-corrected chi connectivity index (χ4v) is 3.76. The van der Waals surface area contributed by atoms with Gasteiger partial charge in [0.25, 0.3) is 0 Å². The first-order valence-corrected chi connectivity index (χ1v) is 10.1. The van der Waals surface area contributed by atoms with E-state index >= 15 is 0 Å². The molecular weight excluding hydrogens is 336 g/mol. The van der Waals surface area contributed by atoms with E-state index in [1.807, 2.05) is 12.1 Å². The summed E-state index contributed by atoms with van der Waals surface area (Å²) in [5.74, 6) is 0.759. The summed E-state index contributed by atoms with van der Waals surface area (Å²) < 4.78 is 2.12. The lowest BCUT2D eigenvalue weighted by atomic mass is 10.0. The summed E-state index contributed by atoms with van der Waals surface area (Å²) in [6, 6.07) is 10.4. The lowest BCUT2D eigenvalue weighted by molar-refractivity contribution is -0.121. The van der Waals surface area contributed by atoms with E-state index in [1.54, 1.807) is 0 Å². The van der Waals surface area contributed by atoms with Gasteiger partial charge in [0.05, 0.1) is 17.9 Å². The second-order valence-corrected chi connectivity index (χ2v) is 8.04. The van der Waals surface area contributed by atoms with Gasteiger partial charge in [0, 0.05) is 32.6 Å². The highest BCUT2D eigenvalue weighted by Crippen LogP contribution is 2.15. The van der Waals surface area contributed by atoms with E-state index in [4.69, 9.17) is 5.10 Å². The van der Waals surface area contributed by atoms with Crippen LogP contribution >= 0.6 is 0 Å². The first kappa shape index (κ1) is 19.6. The number of aromatic nitrogens is 2. The number of hydrogen-bond acceptors (Lipinski definition) is 3. The van der Waals surface area contributed by atoms with Gasteiger partial charge in [-0.3, -0.25) is 14.4 Å². The Morgan fingerprint density at radius 2 is 2.07 bits per heavy atom. The number of nitrogens with zero attached hydrogens (tertiary/aromatic N) is 3. The van der Waals surface area contributed by atoms with Crippen molar-refractivity contribution >= 4 is 5.91 Å². The van der Waals surface area contributed by atoms with E-state index in [0.29, 0.717) is 18.9 Å². The third kappa shape index (κ3) is 5.67. The van der Waals surface area contributed by atoms with Crippen LogP contribution in [0.5, 0.6) is 0 Å². The Bertz CT molecular complexity index is 765. The van der Waals surface area contributed by atoms with Crippen molar-refractivity contribution in [2.75, 3.05) is 13.1 Å². The number of hydrogen-bond donors (Lipinski definition) is 1. The zero-order valence-corrected chi connectivity index (χ0v) is 16.9. The van der Waals surface area contributed by atoms with Crippen LogP contribution in [0.15, 0.2) is 30.3 Å². The number of rotatable bonds is 7. The zero-order chi connectivity index (χ0) is 19.2. The summed E-state index contributed by atoms with van der Waals surface area (Å²) in [6.45, 7) is 11.3. The number of carbonyl (C=O) groups is 1. The number of benzene rings is 1. The molecule has 3 rings (SSSR count). The average Bonchev–Trinajstić information content (AvgIpc) is 2.91. The molecule has 5 nitrogen and oxygen atoms in total. The van der Waals surface area contributed by atoms with Gasteiger partial charge >= 0.3 is 0 Å². The number of aryl methyl sites for hydroxylation is 3. The first-order chi connectivity index (χ1) is 13.0. The normalized spacial score (nSPS) is 14.8. The van der Waals surface area contributed by atoms with E-state index in [2.05, 4.69) is 53.9 Å². The third-order valence-corrected chi connectivity index (χ3v) is 5.12. The lowest BCUT2D eigenvalue weighted by Gasteiger charge is -2.21. The van der Waals surface area contributed by atoms with E-state index < -0.39 is 0 Å². The quantitative estimate of drug-likeness (QED) is 0.816. The molecule has 0 aliphatic carbocycles. The SMILES string of the molecule is Cc1ccccc1CCC(=O)NCc1cc2n(n1)CCCN(CC(C)C)C2. The molecular formula is C22H32N4O. The molecule has 1 aromatic carbocycles. The average molecular weight is 369 g/mol. The Morgan fingerprint density at radius 1 is 1.26 bits per heavy atom. The van der Waals surface area contributed by atoms with Gasteiger partial charge in [-0.15, -0.1) is 0 Å². The zero-order valence-electron chi connectivity index (χ0n) is 16.9. The monoisotopic (exact) mass is 368 g/mol. The van der Waals surface area contributed by atoms with Gasteiger partial charge in [-0.1, -0.05) is 38.1 Å². The van der Waals surface area contributed by atoms with Gasteiger partial charge in [-0.05, 0) is 42.9 Å². The molecule has 2 aromatic rings. The van der Waals surface area contributed by atoms with Crippen molar-refractivity contribution in [2.45, 2.75) is 59.7 Å². The Kier molecular flexibility index (Phi) is 6.67. The summed E-state index contributed by atoms with van der Waals surface area (Å²) in [5.41, 5.74) is 4.71. The van der Waals surface area contributed by atoms with Crippen molar-refractivity contribution in [3.8, 4) is 0 Å². The van der Waals surface area contributed by atoms with Crippen molar-refractivity contribution in [2.24, 2.45) is 5.92 Å². The smallest absolute Gasteiger partial charge is 0.220 e. The topological polar surface area (TPSA) is 50.2 Å². The second kappa shape index (κ2) is 9.18. The molecule has 1 amide bonds. The van der Waals surface area contributed by atoms with Crippen molar-refractivity contribution in [1.82, 2.24) is 20.0 Å². The minimum absolute atomic E-state index is 0.0860. The molecule has 0 saturated heterocycles. The fourth-order valence-electron chi connectivity index (χ4n) is 3.76. The molecule has 1 aromatic heterocycles. The van der Waals surface area contributed by atoms with Crippen LogP contribution in [0.4, 0.5) is 0 Å². The maximum absolute atomic E-state index is 12.2. The summed E-state index contributed by atoms with van der Waals surface area (Å²) >= 11 is 0. The molecule has 5 heteroatoms. The minimum atomic E-state index is 0.0860. The number of fused-ring (bicyclic) bond motifs is 1. The predicted octanol–water partition coefficient (Wildman–Crippen LogP) is 3.30. The molecule has 0 atom stereocenters. The van der Waals surface area contributed by atoms with E-state index in [9.17, 15) is 4.79 Å². The van der Waals surface area contributed by atoms with Crippen LogP contribution in [0, 0.1) is 12.8 Å². The molecule has 1 N–H and O–H groups in total. The molecule has 0 fully saturated rings. The highest BCUT2D eigenvalue weighted by Gasteiger charge is 2.17. The van der Waals surface area contributed by atoms with Gasteiger partial charge in [-0.2, -0.15) is 5.10 Å². The molecule has 1 aliphatic rings. The van der Waals surface area contributed by atoms with Crippen molar-refractivity contribution in [3.05, 3.63) is 52.8 Å². The van der Waals surface area contributed by atoms with Gasteiger partial charge in [0.2, 0.25) is 5.91 Å². The van der Waals surface area contributed by atoms with Crippen LogP contribution in [0.1, 0.15) is 49.2 Å². The van der Waals surface area contributed by atoms with Gasteiger partial charge in [0.1, 0.15) is 0 Å². The Hall–Kier alpha value is -2.14. The van der Waals surface area contributed by atoms with Crippen LogP contribution in [-0.2, 0) is 30.8 Å². The summed E-state index contributed by atoms with van der Waals surface area (Å²) in [5, 5.41) is 7.73. The largest absolute Gasteiger partial charge is 0.350 e. The molecule has 2 heterocycles. The standard InChI is InChI=1S/C22H32N4O/c1-17(2)15-25-11-6-12-26-21(16-25)13-20(24-26)14-23-22(27)10-9-19-8-5-4-7-18(19)3/h4-5,7-8,13,17H,6,9-12,14-16H2,1-3H3,(H,23,27). The van der Waals surface area contributed by atoms with Crippen LogP contribution in [0.25, 0.3) is 0 Å². The van der Waals surface area contributed by atoms with Crippen LogP contribution in [-0.4, -0.2) is 33.7 Å². The lowest BCUT2D eigenvalue weighted by Crippen LogP contribution is -2.27. The van der Waals surface area contributed by atoms with Crippen LogP contribution in [0.3, 0.4) is 0 Å². The predicted molar refractivity (Wildman–Crippen MR) is 108 cm³/mol. The van der Waals surface area contributed by atoms with Crippen molar-refractivity contribution in [3.63, 3.8) is 0 Å². The van der Waals surface area contributed by atoms with Gasteiger partial charge < -0.3 is 5.32 Å². The molecule has 0 unspecified atom stereocenters.